The second-order valence-corrected chi connectivity index (χ2v) is 5.67. The van der Waals surface area contributed by atoms with Gasteiger partial charge in [-0.15, -0.1) is 0 Å². The van der Waals surface area contributed by atoms with Gasteiger partial charge in [-0.2, -0.15) is 5.26 Å². The fourth-order valence-corrected chi connectivity index (χ4v) is 2.63. The summed E-state index contributed by atoms with van der Waals surface area (Å²) < 4.78 is 5.33. The Bertz CT molecular complexity index is 797. The van der Waals surface area contributed by atoms with Crippen LogP contribution in [0.5, 0.6) is 0 Å². The van der Waals surface area contributed by atoms with Crippen LogP contribution < -0.4 is 10.2 Å². The van der Waals surface area contributed by atoms with Crippen LogP contribution in [0, 0.1) is 11.3 Å². The Balaban J connectivity index is 1.78. The molecule has 7 heteroatoms. The third kappa shape index (κ3) is 3.65. The minimum Gasteiger partial charge on any atom is -0.378 e. The minimum atomic E-state index is -0.365. The second kappa shape index (κ2) is 7.30. The number of aromatic nitrogens is 1. The van der Waals surface area contributed by atoms with Crippen molar-refractivity contribution in [3.05, 3.63) is 52.7 Å². The van der Waals surface area contributed by atoms with Gasteiger partial charge in [-0.1, -0.05) is 11.6 Å². The highest BCUT2D eigenvalue weighted by Gasteiger charge is 2.15. The Kier molecular flexibility index (Phi) is 4.94. The fraction of sp³-hybridized carbons (Fsp3) is 0.235. The average Bonchev–Trinajstić information content (AvgIpc) is 2.63. The van der Waals surface area contributed by atoms with Gasteiger partial charge in [0.05, 0.1) is 35.4 Å². The molecule has 1 aromatic carbocycles. The van der Waals surface area contributed by atoms with E-state index in [4.69, 9.17) is 21.6 Å². The van der Waals surface area contributed by atoms with Crippen LogP contribution in [0.3, 0.4) is 0 Å². The number of carbonyl (C=O) groups is 1. The topological polar surface area (TPSA) is 78.2 Å². The first kappa shape index (κ1) is 16.2. The maximum atomic E-state index is 12.4. The van der Waals surface area contributed by atoms with E-state index in [1.165, 1.54) is 6.07 Å². The molecule has 6 nitrogen and oxygen atoms in total. The molecule has 1 saturated heterocycles. The highest BCUT2D eigenvalue weighted by atomic mass is 35.5. The summed E-state index contributed by atoms with van der Waals surface area (Å²) in [6.45, 7) is 2.85. The van der Waals surface area contributed by atoms with E-state index in [-0.39, 0.29) is 11.5 Å². The number of nitrogens with one attached hydrogen (secondary N) is 1. The van der Waals surface area contributed by atoms with Crippen molar-refractivity contribution in [2.45, 2.75) is 0 Å². The average molecular weight is 343 g/mol. The summed E-state index contributed by atoms with van der Waals surface area (Å²) in [6.07, 6.45) is 1.65. The van der Waals surface area contributed by atoms with Crippen molar-refractivity contribution in [3.63, 3.8) is 0 Å². The van der Waals surface area contributed by atoms with Crippen molar-refractivity contribution >= 4 is 29.0 Å². The number of hydrogen-bond donors (Lipinski definition) is 1. The quantitative estimate of drug-likeness (QED) is 0.927. The molecule has 0 spiro atoms. The van der Waals surface area contributed by atoms with Crippen LogP contribution in [0.25, 0.3) is 0 Å². The van der Waals surface area contributed by atoms with Crippen LogP contribution in [0.4, 0.5) is 11.5 Å². The molecule has 122 valence electrons. The van der Waals surface area contributed by atoms with Crippen molar-refractivity contribution in [2.24, 2.45) is 0 Å². The monoisotopic (exact) mass is 342 g/mol. The van der Waals surface area contributed by atoms with Crippen LogP contribution in [0.1, 0.15) is 15.9 Å². The number of carbonyl (C=O) groups excluding carboxylic acids is 1. The first-order valence-electron chi connectivity index (χ1n) is 7.47. The summed E-state index contributed by atoms with van der Waals surface area (Å²) in [5.74, 6) is 0.421. The molecule has 1 aliphatic rings. The Morgan fingerprint density at radius 1 is 1.29 bits per heavy atom. The molecular weight excluding hydrogens is 328 g/mol. The standard InChI is InChI=1S/C17H15ClN4O2/c18-15-2-1-12(11-19)9-14(15)17(23)21-13-3-4-20-16(10-13)22-5-7-24-8-6-22/h1-4,9-10H,5-8H2,(H,20,21,23). The van der Waals surface area contributed by atoms with Crippen molar-refractivity contribution in [2.75, 3.05) is 36.5 Å². The summed E-state index contributed by atoms with van der Waals surface area (Å²) in [7, 11) is 0. The lowest BCUT2D eigenvalue weighted by Gasteiger charge is -2.28. The number of benzene rings is 1. The molecule has 1 amide bonds. The molecule has 0 aliphatic carbocycles. The molecule has 0 radical (unpaired) electrons. The third-order valence-electron chi connectivity index (χ3n) is 3.68. The van der Waals surface area contributed by atoms with Gasteiger partial charge in [0.2, 0.25) is 0 Å². The highest BCUT2D eigenvalue weighted by Crippen LogP contribution is 2.21. The summed E-state index contributed by atoms with van der Waals surface area (Å²) >= 11 is 6.06. The molecule has 1 aromatic heterocycles. The Labute approximate surface area is 144 Å². The predicted molar refractivity (Wildman–Crippen MR) is 91.4 cm³/mol. The largest absolute Gasteiger partial charge is 0.378 e. The van der Waals surface area contributed by atoms with Crippen molar-refractivity contribution in [1.82, 2.24) is 4.98 Å². The van der Waals surface area contributed by atoms with E-state index < -0.39 is 0 Å². The molecule has 0 bridgehead atoms. The first-order valence-corrected chi connectivity index (χ1v) is 7.85. The van der Waals surface area contributed by atoms with E-state index in [1.54, 1.807) is 24.4 Å². The lowest BCUT2D eigenvalue weighted by atomic mass is 10.1. The van der Waals surface area contributed by atoms with Gasteiger partial charge in [0.1, 0.15) is 5.82 Å². The molecule has 3 rings (SSSR count). The zero-order chi connectivity index (χ0) is 16.9. The number of morpholine rings is 1. The molecule has 0 saturated carbocycles. The number of rotatable bonds is 3. The Morgan fingerprint density at radius 2 is 2.08 bits per heavy atom. The van der Waals surface area contributed by atoms with Crippen LogP contribution in [-0.4, -0.2) is 37.2 Å². The lowest BCUT2D eigenvalue weighted by Crippen LogP contribution is -2.36. The predicted octanol–water partition coefficient (Wildman–Crippen LogP) is 2.70. The van der Waals surface area contributed by atoms with E-state index in [0.29, 0.717) is 29.5 Å². The van der Waals surface area contributed by atoms with Gasteiger partial charge in [-0.05, 0) is 24.3 Å². The molecule has 0 atom stereocenters. The van der Waals surface area contributed by atoms with Crippen molar-refractivity contribution in [1.29, 1.82) is 5.26 Å². The molecule has 0 unspecified atom stereocenters. The number of ether oxygens (including phenoxy) is 1. The van der Waals surface area contributed by atoms with Gasteiger partial charge in [0.25, 0.3) is 5.91 Å². The SMILES string of the molecule is N#Cc1ccc(Cl)c(C(=O)Nc2ccnc(N3CCOCC3)c2)c1. The van der Waals surface area contributed by atoms with E-state index in [9.17, 15) is 4.79 Å². The molecule has 1 aliphatic heterocycles. The Morgan fingerprint density at radius 3 is 2.83 bits per heavy atom. The number of nitriles is 1. The van der Waals surface area contributed by atoms with E-state index in [0.717, 1.165) is 18.9 Å². The van der Waals surface area contributed by atoms with Crippen molar-refractivity contribution < 1.29 is 9.53 Å². The number of halogens is 1. The smallest absolute Gasteiger partial charge is 0.257 e. The highest BCUT2D eigenvalue weighted by molar-refractivity contribution is 6.34. The van der Waals surface area contributed by atoms with Gasteiger partial charge < -0.3 is 15.0 Å². The molecule has 1 fully saturated rings. The van der Waals surface area contributed by atoms with Crippen LogP contribution in [0.2, 0.25) is 5.02 Å². The van der Waals surface area contributed by atoms with Gasteiger partial charge in [-0.25, -0.2) is 4.98 Å². The lowest BCUT2D eigenvalue weighted by molar-refractivity contribution is 0.102. The summed E-state index contributed by atoms with van der Waals surface area (Å²) in [6, 6.07) is 10.1. The van der Waals surface area contributed by atoms with Crippen LogP contribution in [-0.2, 0) is 4.74 Å². The fourth-order valence-electron chi connectivity index (χ4n) is 2.43. The number of hydrogen-bond acceptors (Lipinski definition) is 5. The van der Waals surface area contributed by atoms with Gasteiger partial charge >= 0.3 is 0 Å². The molecule has 24 heavy (non-hydrogen) atoms. The maximum Gasteiger partial charge on any atom is 0.257 e. The van der Waals surface area contributed by atoms with Crippen LogP contribution >= 0.6 is 11.6 Å². The Hall–Kier alpha value is -2.62. The van der Waals surface area contributed by atoms with E-state index in [2.05, 4.69) is 15.2 Å². The summed E-state index contributed by atoms with van der Waals surface area (Å²) in [4.78, 5) is 18.9. The third-order valence-corrected chi connectivity index (χ3v) is 4.01. The van der Waals surface area contributed by atoms with Crippen molar-refractivity contribution in [3.8, 4) is 6.07 Å². The molecule has 2 aromatic rings. The van der Waals surface area contributed by atoms with Crippen LogP contribution in [0.15, 0.2) is 36.5 Å². The zero-order valence-corrected chi connectivity index (χ0v) is 13.6. The normalized spacial score (nSPS) is 14.1. The molecule has 2 heterocycles. The first-order chi connectivity index (χ1) is 11.7. The minimum absolute atomic E-state index is 0.264. The van der Waals surface area contributed by atoms with Gasteiger partial charge in [0, 0.05) is 31.0 Å². The summed E-state index contributed by atoms with van der Waals surface area (Å²) in [5, 5.41) is 12.1. The molecule has 1 N–H and O–H groups in total. The zero-order valence-electron chi connectivity index (χ0n) is 12.8. The van der Waals surface area contributed by atoms with E-state index >= 15 is 0 Å². The van der Waals surface area contributed by atoms with Gasteiger partial charge in [0.15, 0.2) is 0 Å². The van der Waals surface area contributed by atoms with Gasteiger partial charge in [-0.3, -0.25) is 4.79 Å². The second-order valence-electron chi connectivity index (χ2n) is 5.26. The summed E-state index contributed by atoms with van der Waals surface area (Å²) in [5.41, 5.74) is 1.27. The maximum absolute atomic E-state index is 12.4. The number of anilines is 2. The van der Waals surface area contributed by atoms with E-state index in [1.807, 2.05) is 12.1 Å². The number of nitrogens with zero attached hydrogens (tertiary/aromatic N) is 3. The number of pyridine rings is 1. The molecular formula is C17H15ClN4O2. The number of amides is 1.